The second-order valence-electron chi connectivity index (χ2n) is 4.18. The lowest BCUT2D eigenvalue weighted by atomic mass is 10.3. The van der Waals surface area contributed by atoms with E-state index in [-0.39, 0.29) is 5.69 Å². The molecule has 0 spiro atoms. The zero-order chi connectivity index (χ0) is 16.1. The second-order valence-corrected chi connectivity index (χ2v) is 5.13. The molecular weight excluding hydrogens is 322 g/mol. The molecule has 1 rings (SSSR count). The fourth-order valence-electron chi connectivity index (χ4n) is 1.41. The molecule has 10 heteroatoms. The van der Waals surface area contributed by atoms with Gasteiger partial charge in [-0.3, -0.25) is 0 Å². The van der Waals surface area contributed by atoms with Crippen LogP contribution in [0.25, 0.3) is 0 Å². The molecule has 0 amide bonds. The number of rotatable bonds is 7. The van der Waals surface area contributed by atoms with Gasteiger partial charge in [-0.1, -0.05) is 6.92 Å². The van der Waals surface area contributed by atoms with E-state index in [1.54, 1.807) is 0 Å². The van der Waals surface area contributed by atoms with E-state index in [1.807, 2.05) is 6.92 Å². The van der Waals surface area contributed by atoms with Gasteiger partial charge in [-0.25, -0.2) is 4.98 Å². The number of nitrogens with zero attached hydrogens (tertiary/aromatic N) is 1. The first-order valence-corrected chi connectivity index (χ1v) is 6.91. The minimum Gasteiger partial charge on any atom is -0.354 e. The van der Waals surface area contributed by atoms with Gasteiger partial charge in [0, 0.05) is 11.9 Å². The highest BCUT2D eigenvalue weighted by atomic mass is 32.1. The number of halogens is 6. The standard InChI is InChI=1S/C11H14F6N2OS/c1-2-3-18-4-8-19-7(6-21-8)5-20-9(10(12,13)14)11(15,16)17/h6,9,18H,2-5H2,1H3. The predicted molar refractivity (Wildman–Crippen MR) is 64.8 cm³/mol. The molecule has 0 saturated heterocycles. The van der Waals surface area contributed by atoms with Gasteiger partial charge in [-0.05, 0) is 13.0 Å². The Morgan fingerprint density at radius 1 is 1.24 bits per heavy atom. The average Bonchev–Trinajstić information content (AvgIpc) is 2.74. The molecule has 0 aromatic carbocycles. The Morgan fingerprint density at radius 3 is 2.38 bits per heavy atom. The summed E-state index contributed by atoms with van der Waals surface area (Å²) in [5.41, 5.74) is 0.0480. The predicted octanol–water partition coefficient (Wildman–Crippen LogP) is 3.65. The van der Waals surface area contributed by atoms with Crippen LogP contribution in [0.4, 0.5) is 26.3 Å². The summed E-state index contributed by atoms with van der Waals surface area (Å²) < 4.78 is 77.5. The van der Waals surface area contributed by atoms with Gasteiger partial charge in [0.25, 0.3) is 0 Å². The summed E-state index contributed by atoms with van der Waals surface area (Å²) in [4.78, 5) is 3.91. The topological polar surface area (TPSA) is 34.2 Å². The summed E-state index contributed by atoms with van der Waals surface area (Å²) in [6.45, 7) is 2.28. The highest BCUT2D eigenvalue weighted by Gasteiger charge is 2.58. The number of thiazole rings is 1. The second kappa shape index (κ2) is 7.41. The Bertz CT molecular complexity index is 417. The van der Waals surface area contributed by atoms with Gasteiger partial charge in [0.05, 0.1) is 12.3 Å². The molecule has 0 radical (unpaired) electrons. The molecule has 0 saturated carbocycles. The lowest BCUT2D eigenvalue weighted by molar-refractivity contribution is -0.324. The first-order chi connectivity index (χ1) is 9.64. The Labute approximate surface area is 121 Å². The molecule has 1 aromatic rings. The average molecular weight is 336 g/mol. The van der Waals surface area contributed by atoms with Gasteiger partial charge in [-0.2, -0.15) is 26.3 Å². The molecule has 0 aliphatic carbocycles. The molecule has 0 atom stereocenters. The third-order valence-electron chi connectivity index (χ3n) is 2.29. The maximum absolute atomic E-state index is 12.3. The largest absolute Gasteiger partial charge is 0.423 e. The number of nitrogens with one attached hydrogen (secondary N) is 1. The van der Waals surface area contributed by atoms with Crippen LogP contribution in [-0.4, -0.2) is 30.0 Å². The van der Waals surface area contributed by atoms with Crippen molar-refractivity contribution >= 4 is 11.3 Å². The van der Waals surface area contributed by atoms with E-state index in [9.17, 15) is 26.3 Å². The van der Waals surface area contributed by atoms with Crippen molar-refractivity contribution in [3.8, 4) is 0 Å². The maximum Gasteiger partial charge on any atom is 0.423 e. The van der Waals surface area contributed by atoms with Crippen LogP contribution in [0.5, 0.6) is 0 Å². The van der Waals surface area contributed by atoms with Crippen LogP contribution < -0.4 is 5.32 Å². The Kier molecular flexibility index (Phi) is 6.41. The van der Waals surface area contributed by atoms with E-state index < -0.39 is 25.1 Å². The van der Waals surface area contributed by atoms with Crippen molar-refractivity contribution in [2.24, 2.45) is 0 Å². The summed E-state index contributed by atoms with van der Waals surface area (Å²) in [6, 6.07) is 0. The quantitative estimate of drug-likeness (QED) is 0.610. The zero-order valence-electron chi connectivity index (χ0n) is 11.0. The van der Waals surface area contributed by atoms with E-state index in [4.69, 9.17) is 0 Å². The van der Waals surface area contributed by atoms with Crippen molar-refractivity contribution in [1.82, 2.24) is 10.3 Å². The molecular formula is C11H14F6N2OS. The van der Waals surface area contributed by atoms with Crippen molar-refractivity contribution in [3.63, 3.8) is 0 Å². The molecule has 122 valence electrons. The van der Waals surface area contributed by atoms with Crippen LogP contribution in [0.1, 0.15) is 24.0 Å². The van der Waals surface area contributed by atoms with E-state index in [0.29, 0.717) is 11.6 Å². The van der Waals surface area contributed by atoms with Crippen LogP contribution >= 0.6 is 11.3 Å². The third-order valence-corrected chi connectivity index (χ3v) is 3.19. The van der Waals surface area contributed by atoms with Crippen LogP contribution in [0, 0.1) is 0 Å². The normalized spacial score (nSPS) is 13.1. The molecule has 3 nitrogen and oxygen atoms in total. The monoisotopic (exact) mass is 336 g/mol. The van der Waals surface area contributed by atoms with Gasteiger partial charge < -0.3 is 10.1 Å². The Balaban J connectivity index is 2.57. The first-order valence-electron chi connectivity index (χ1n) is 6.03. The third kappa shape index (κ3) is 6.18. The van der Waals surface area contributed by atoms with Crippen LogP contribution in [0.15, 0.2) is 5.38 Å². The van der Waals surface area contributed by atoms with Crippen LogP contribution in [0.3, 0.4) is 0 Å². The molecule has 0 aliphatic heterocycles. The molecule has 21 heavy (non-hydrogen) atoms. The smallest absolute Gasteiger partial charge is 0.354 e. The maximum atomic E-state index is 12.3. The number of alkyl halides is 6. The number of ether oxygens (including phenoxy) is 1. The molecule has 1 heterocycles. The molecule has 0 bridgehead atoms. The summed E-state index contributed by atoms with van der Waals surface area (Å²) in [7, 11) is 0. The minimum atomic E-state index is -5.50. The molecule has 0 unspecified atom stereocenters. The number of hydrogen-bond donors (Lipinski definition) is 1. The Hall–Kier alpha value is -0.870. The highest BCUT2D eigenvalue weighted by Crippen LogP contribution is 2.36. The number of aromatic nitrogens is 1. The van der Waals surface area contributed by atoms with E-state index >= 15 is 0 Å². The fourth-order valence-corrected chi connectivity index (χ4v) is 2.16. The van der Waals surface area contributed by atoms with E-state index in [0.717, 1.165) is 24.3 Å². The van der Waals surface area contributed by atoms with Gasteiger partial charge in [0.1, 0.15) is 5.01 Å². The number of hydrogen-bond acceptors (Lipinski definition) is 4. The van der Waals surface area contributed by atoms with Crippen molar-refractivity contribution in [3.05, 3.63) is 16.1 Å². The van der Waals surface area contributed by atoms with Gasteiger partial charge >= 0.3 is 12.4 Å². The summed E-state index contributed by atoms with van der Waals surface area (Å²) in [5.74, 6) is 0. The summed E-state index contributed by atoms with van der Waals surface area (Å²) >= 11 is 1.15. The molecule has 1 aromatic heterocycles. The van der Waals surface area contributed by atoms with Crippen LogP contribution in [0.2, 0.25) is 0 Å². The van der Waals surface area contributed by atoms with E-state index in [1.165, 1.54) is 5.38 Å². The van der Waals surface area contributed by atoms with Gasteiger partial charge in [0.2, 0.25) is 6.10 Å². The first kappa shape index (κ1) is 18.2. The lowest BCUT2D eigenvalue weighted by Crippen LogP contribution is -2.44. The highest BCUT2D eigenvalue weighted by molar-refractivity contribution is 7.09. The molecule has 0 fully saturated rings. The lowest BCUT2D eigenvalue weighted by Gasteiger charge is -2.22. The zero-order valence-corrected chi connectivity index (χ0v) is 11.8. The van der Waals surface area contributed by atoms with Crippen molar-refractivity contribution in [2.75, 3.05) is 6.54 Å². The van der Waals surface area contributed by atoms with Crippen LogP contribution in [-0.2, 0) is 17.9 Å². The van der Waals surface area contributed by atoms with Crippen molar-refractivity contribution in [2.45, 2.75) is 45.0 Å². The van der Waals surface area contributed by atoms with Gasteiger partial charge in [0.15, 0.2) is 0 Å². The van der Waals surface area contributed by atoms with Crippen molar-refractivity contribution < 1.29 is 31.1 Å². The summed E-state index contributed by atoms with van der Waals surface area (Å²) in [5, 5.41) is 4.99. The van der Waals surface area contributed by atoms with E-state index in [2.05, 4.69) is 15.0 Å². The molecule has 0 aliphatic rings. The Morgan fingerprint density at radius 2 is 1.86 bits per heavy atom. The minimum absolute atomic E-state index is 0.0480. The summed E-state index contributed by atoms with van der Waals surface area (Å²) in [6.07, 6.45) is -13.9. The fraction of sp³-hybridized carbons (Fsp3) is 0.727. The SMILES string of the molecule is CCCNCc1nc(COC(C(F)(F)F)C(F)(F)F)cs1. The van der Waals surface area contributed by atoms with Crippen molar-refractivity contribution in [1.29, 1.82) is 0 Å². The van der Waals surface area contributed by atoms with Gasteiger partial charge in [-0.15, -0.1) is 11.3 Å². The molecule has 1 N–H and O–H groups in total.